The molecule has 0 aliphatic carbocycles. The molecule has 31 heavy (non-hydrogen) atoms. The minimum Gasteiger partial charge on any atom is -0.497 e. The van der Waals surface area contributed by atoms with Crippen molar-refractivity contribution in [3.05, 3.63) is 58.3 Å². The standard InChI is InChI=1S/C22H22N4O4S/c1-4-25-17-7-5-6-8-18(17)26(22(25)28)12-20(27)24-21-23-16(13-31-21)15-10-9-14(29-2)11-19(15)30-3/h5-11,13H,4,12H2,1-3H3,(H,23,24,27). The molecule has 1 amide bonds. The quantitative estimate of drug-likeness (QED) is 0.476. The van der Waals surface area contributed by atoms with Gasteiger partial charge < -0.3 is 14.8 Å². The number of hydrogen-bond acceptors (Lipinski definition) is 6. The van der Waals surface area contributed by atoms with Crippen LogP contribution in [0.15, 0.2) is 52.6 Å². The number of hydrogen-bond donors (Lipinski definition) is 1. The minimum atomic E-state index is -0.316. The van der Waals surface area contributed by atoms with Crippen LogP contribution in [0.1, 0.15) is 6.92 Å². The monoisotopic (exact) mass is 438 g/mol. The number of carbonyl (C=O) groups is 1. The summed E-state index contributed by atoms with van der Waals surface area (Å²) in [4.78, 5) is 29.9. The Morgan fingerprint density at radius 2 is 1.84 bits per heavy atom. The van der Waals surface area contributed by atoms with Crippen LogP contribution in [-0.4, -0.2) is 34.2 Å². The van der Waals surface area contributed by atoms with Crippen LogP contribution in [0.25, 0.3) is 22.3 Å². The van der Waals surface area contributed by atoms with E-state index in [2.05, 4.69) is 10.3 Å². The Balaban J connectivity index is 1.55. The van der Waals surface area contributed by atoms with Gasteiger partial charge in [0.2, 0.25) is 5.91 Å². The molecule has 0 aliphatic rings. The first kappa shape index (κ1) is 20.7. The normalized spacial score (nSPS) is 10.9. The van der Waals surface area contributed by atoms with Crippen molar-refractivity contribution in [2.45, 2.75) is 20.0 Å². The first-order valence-corrected chi connectivity index (χ1v) is 10.6. The van der Waals surface area contributed by atoms with Crippen LogP contribution < -0.4 is 20.5 Å². The number of aromatic nitrogens is 3. The molecule has 0 saturated heterocycles. The van der Waals surface area contributed by atoms with Crippen molar-refractivity contribution >= 4 is 33.4 Å². The SMILES string of the molecule is CCn1c(=O)n(CC(=O)Nc2nc(-c3ccc(OC)cc3OC)cs2)c2ccccc21. The highest BCUT2D eigenvalue weighted by Gasteiger charge is 2.16. The molecule has 2 aromatic carbocycles. The first-order valence-electron chi connectivity index (χ1n) is 9.71. The lowest BCUT2D eigenvalue weighted by molar-refractivity contribution is -0.116. The van der Waals surface area contributed by atoms with E-state index in [1.807, 2.05) is 48.7 Å². The Morgan fingerprint density at radius 1 is 1.10 bits per heavy atom. The fourth-order valence-electron chi connectivity index (χ4n) is 3.50. The summed E-state index contributed by atoms with van der Waals surface area (Å²) in [6, 6.07) is 12.9. The molecular weight excluding hydrogens is 416 g/mol. The number of imidazole rings is 1. The van der Waals surface area contributed by atoms with Gasteiger partial charge in [0.25, 0.3) is 0 Å². The fraction of sp³-hybridized carbons (Fsp3) is 0.227. The van der Waals surface area contributed by atoms with Crippen LogP contribution in [0, 0.1) is 0 Å². The first-order chi connectivity index (χ1) is 15.0. The lowest BCUT2D eigenvalue weighted by Crippen LogP contribution is -2.29. The Hall–Kier alpha value is -3.59. The Labute approximate surface area is 182 Å². The zero-order valence-corrected chi connectivity index (χ0v) is 18.2. The summed E-state index contributed by atoms with van der Waals surface area (Å²) in [5, 5.41) is 5.09. The molecule has 2 aromatic heterocycles. The third kappa shape index (κ3) is 3.91. The molecule has 0 atom stereocenters. The average Bonchev–Trinajstić information content (AvgIpc) is 3.35. The summed E-state index contributed by atoms with van der Waals surface area (Å²) >= 11 is 1.31. The van der Waals surface area contributed by atoms with Gasteiger partial charge in [0.15, 0.2) is 5.13 Å². The second kappa shape index (κ2) is 8.65. The van der Waals surface area contributed by atoms with Gasteiger partial charge in [-0.2, -0.15) is 0 Å². The molecule has 0 bridgehead atoms. The number of carbonyl (C=O) groups excluding carboxylic acids is 1. The van der Waals surface area contributed by atoms with E-state index in [1.165, 1.54) is 15.9 Å². The number of para-hydroxylation sites is 2. The number of anilines is 1. The van der Waals surface area contributed by atoms with E-state index in [4.69, 9.17) is 9.47 Å². The third-order valence-electron chi connectivity index (χ3n) is 4.98. The van der Waals surface area contributed by atoms with E-state index in [0.29, 0.717) is 28.9 Å². The molecule has 0 fully saturated rings. The smallest absolute Gasteiger partial charge is 0.329 e. The maximum Gasteiger partial charge on any atom is 0.329 e. The zero-order valence-electron chi connectivity index (χ0n) is 17.4. The predicted octanol–water partition coefficient (Wildman–Crippen LogP) is 3.60. The molecule has 9 heteroatoms. The number of nitrogens with zero attached hydrogens (tertiary/aromatic N) is 3. The maximum atomic E-state index is 12.7. The summed E-state index contributed by atoms with van der Waals surface area (Å²) in [5.74, 6) is 0.992. The highest BCUT2D eigenvalue weighted by molar-refractivity contribution is 7.14. The number of fused-ring (bicyclic) bond motifs is 1. The number of aryl methyl sites for hydroxylation is 1. The molecule has 1 N–H and O–H groups in total. The molecule has 0 aliphatic heterocycles. The van der Waals surface area contributed by atoms with Crippen LogP contribution in [0.4, 0.5) is 5.13 Å². The molecule has 0 unspecified atom stereocenters. The van der Waals surface area contributed by atoms with Gasteiger partial charge in [0.1, 0.15) is 18.0 Å². The van der Waals surface area contributed by atoms with Gasteiger partial charge >= 0.3 is 5.69 Å². The third-order valence-corrected chi connectivity index (χ3v) is 5.74. The Kier molecular flexibility index (Phi) is 5.77. The molecule has 0 saturated carbocycles. The molecule has 4 rings (SSSR count). The van der Waals surface area contributed by atoms with E-state index in [1.54, 1.807) is 24.9 Å². The fourth-order valence-corrected chi connectivity index (χ4v) is 4.22. The predicted molar refractivity (Wildman–Crippen MR) is 121 cm³/mol. The second-order valence-electron chi connectivity index (χ2n) is 6.75. The van der Waals surface area contributed by atoms with Gasteiger partial charge in [-0.1, -0.05) is 12.1 Å². The molecule has 8 nitrogen and oxygen atoms in total. The maximum absolute atomic E-state index is 12.7. The van der Waals surface area contributed by atoms with E-state index in [-0.39, 0.29) is 18.1 Å². The molecule has 160 valence electrons. The number of amides is 1. The highest BCUT2D eigenvalue weighted by Crippen LogP contribution is 2.34. The van der Waals surface area contributed by atoms with E-state index < -0.39 is 0 Å². The van der Waals surface area contributed by atoms with Gasteiger partial charge in [-0.3, -0.25) is 13.9 Å². The average molecular weight is 439 g/mol. The second-order valence-corrected chi connectivity index (χ2v) is 7.61. The van der Waals surface area contributed by atoms with E-state index in [0.717, 1.165) is 16.6 Å². The topological polar surface area (TPSA) is 87.4 Å². The summed E-state index contributed by atoms with van der Waals surface area (Å²) in [5.41, 5.74) is 2.81. The molecule has 0 spiro atoms. The summed E-state index contributed by atoms with van der Waals surface area (Å²) in [6.07, 6.45) is 0. The minimum absolute atomic E-state index is 0.0902. The molecule has 0 radical (unpaired) electrons. The van der Waals surface area contributed by atoms with Gasteiger partial charge in [0.05, 0.1) is 30.9 Å². The van der Waals surface area contributed by atoms with Crippen LogP contribution in [0.3, 0.4) is 0 Å². The summed E-state index contributed by atoms with van der Waals surface area (Å²) in [7, 11) is 3.17. The van der Waals surface area contributed by atoms with Crippen molar-refractivity contribution < 1.29 is 14.3 Å². The molecule has 2 heterocycles. The van der Waals surface area contributed by atoms with Crippen LogP contribution in [0.2, 0.25) is 0 Å². The van der Waals surface area contributed by atoms with E-state index in [9.17, 15) is 9.59 Å². The Bertz CT molecular complexity index is 1300. The number of ether oxygens (including phenoxy) is 2. The van der Waals surface area contributed by atoms with Crippen molar-refractivity contribution in [1.29, 1.82) is 0 Å². The largest absolute Gasteiger partial charge is 0.497 e. The lowest BCUT2D eigenvalue weighted by atomic mass is 10.1. The van der Waals surface area contributed by atoms with Crippen molar-refractivity contribution in [2.24, 2.45) is 0 Å². The van der Waals surface area contributed by atoms with Crippen molar-refractivity contribution in [1.82, 2.24) is 14.1 Å². The Morgan fingerprint density at radius 3 is 2.52 bits per heavy atom. The summed E-state index contributed by atoms with van der Waals surface area (Å²) < 4.78 is 13.8. The molecular formula is C22H22N4O4S. The van der Waals surface area contributed by atoms with Crippen LogP contribution in [0.5, 0.6) is 11.5 Å². The van der Waals surface area contributed by atoms with Crippen molar-refractivity contribution in [2.75, 3.05) is 19.5 Å². The van der Waals surface area contributed by atoms with Gasteiger partial charge in [-0.25, -0.2) is 9.78 Å². The van der Waals surface area contributed by atoms with Gasteiger partial charge in [-0.05, 0) is 31.2 Å². The summed E-state index contributed by atoms with van der Waals surface area (Å²) in [6.45, 7) is 2.35. The van der Waals surface area contributed by atoms with Gasteiger partial charge in [0, 0.05) is 23.6 Å². The number of rotatable bonds is 7. The van der Waals surface area contributed by atoms with E-state index >= 15 is 0 Å². The van der Waals surface area contributed by atoms with Crippen molar-refractivity contribution in [3.63, 3.8) is 0 Å². The van der Waals surface area contributed by atoms with Crippen molar-refractivity contribution in [3.8, 4) is 22.8 Å². The molecule has 4 aromatic rings. The lowest BCUT2D eigenvalue weighted by Gasteiger charge is -2.08. The number of methoxy groups -OCH3 is 2. The van der Waals surface area contributed by atoms with Gasteiger partial charge in [-0.15, -0.1) is 11.3 Å². The number of thiazole rings is 1. The van der Waals surface area contributed by atoms with Crippen LogP contribution in [-0.2, 0) is 17.9 Å². The van der Waals surface area contributed by atoms with Crippen LogP contribution >= 0.6 is 11.3 Å². The zero-order chi connectivity index (χ0) is 22.0. The number of benzene rings is 2. The number of nitrogens with one attached hydrogen (secondary N) is 1. The highest BCUT2D eigenvalue weighted by atomic mass is 32.1.